The fourth-order valence-corrected chi connectivity index (χ4v) is 0.978. The van der Waals surface area contributed by atoms with Crippen molar-refractivity contribution < 1.29 is 5.11 Å². The van der Waals surface area contributed by atoms with E-state index in [2.05, 4.69) is 10.3 Å². The third kappa shape index (κ3) is 1.99. The van der Waals surface area contributed by atoms with Crippen LogP contribution < -0.4 is 5.32 Å². The van der Waals surface area contributed by atoms with Crippen LogP contribution in [0.4, 0.5) is 0 Å². The van der Waals surface area contributed by atoms with E-state index in [1.807, 2.05) is 6.92 Å². The molecular formula is C7H14N2O. The molecule has 3 heteroatoms. The summed E-state index contributed by atoms with van der Waals surface area (Å²) in [6.07, 6.45) is 0.885. The van der Waals surface area contributed by atoms with Crippen molar-refractivity contribution >= 4 is 5.84 Å². The molecule has 0 aliphatic carbocycles. The molecule has 0 saturated heterocycles. The summed E-state index contributed by atoms with van der Waals surface area (Å²) < 4.78 is 0. The van der Waals surface area contributed by atoms with E-state index in [4.69, 9.17) is 5.11 Å². The van der Waals surface area contributed by atoms with Gasteiger partial charge in [0.1, 0.15) is 0 Å². The summed E-state index contributed by atoms with van der Waals surface area (Å²) in [6.45, 7) is 4.13. The van der Waals surface area contributed by atoms with Crippen molar-refractivity contribution in [1.29, 1.82) is 0 Å². The highest BCUT2D eigenvalue weighted by Crippen LogP contribution is 2.02. The van der Waals surface area contributed by atoms with Gasteiger partial charge in [0, 0.05) is 19.6 Å². The van der Waals surface area contributed by atoms with Crippen LogP contribution in [0.25, 0.3) is 0 Å². The molecular weight excluding hydrogens is 128 g/mol. The second-order valence-corrected chi connectivity index (χ2v) is 2.75. The van der Waals surface area contributed by atoms with Crippen molar-refractivity contribution in [2.24, 2.45) is 10.9 Å². The van der Waals surface area contributed by atoms with Gasteiger partial charge in [0.15, 0.2) is 0 Å². The molecule has 1 atom stereocenters. The van der Waals surface area contributed by atoms with E-state index in [1.54, 1.807) is 0 Å². The molecule has 1 heterocycles. The summed E-state index contributed by atoms with van der Waals surface area (Å²) in [5.41, 5.74) is 0. The molecule has 0 spiro atoms. The summed E-state index contributed by atoms with van der Waals surface area (Å²) in [4.78, 5) is 4.22. The number of hydrogen-bond donors (Lipinski definition) is 2. The number of amidine groups is 1. The lowest BCUT2D eigenvalue weighted by Gasteiger charge is -2.06. The molecule has 1 rings (SSSR count). The van der Waals surface area contributed by atoms with E-state index < -0.39 is 0 Å². The number of nitrogens with zero attached hydrogens (tertiary/aromatic N) is 1. The van der Waals surface area contributed by atoms with Gasteiger partial charge in [-0.1, -0.05) is 6.92 Å². The average Bonchev–Trinajstić information content (AvgIpc) is 2.40. The Kier molecular flexibility index (Phi) is 2.68. The predicted molar refractivity (Wildman–Crippen MR) is 41.2 cm³/mol. The Morgan fingerprint density at radius 3 is 3.10 bits per heavy atom. The summed E-state index contributed by atoms with van der Waals surface area (Å²) in [7, 11) is 0. The Morgan fingerprint density at radius 1 is 1.80 bits per heavy atom. The fourth-order valence-electron chi connectivity index (χ4n) is 0.978. The Morgan fingerprint density at radius 2 is 2.60 bits per heavy atom. The second-order valence-electron chi connectivity index (χ2n) is 2.75. The average molecular weight is 142 g/mol. The van der Waals surface area contributed by atoms with Crippen LogP contribution in [-0.2, 0) is 0 Å². The first-order chi connectivity index (χ1) is 4.83. The molecule has 1 unspecified atom stereocenters. The lowest BCUT2D eigenvalue weighted by atomic mass is 10.1. The molecule has 1 aliphatic heterocycles. The molecule has 0 bridgehead atoms. The normalized spacial score (nSPS) is 20.0. The zero-order chi connectivity index (χ0) is 7.40. The molecule has 0 saturated carbocycles. The first-order valence-corrected chi connectivity index (χ1v) is 3.71. The van der Waals surface area contributed by atoms with Crippen LogP contribution in [0, 0.1) is 5.92 Å². The van der Waals surface area contributed by atoms with Crippen molar-refractivity contribution in [2.75, 3.05) is 19.7 Å². The van der Waals surface area contributed by atoms with Crippen LogP contribution in [0.15, 0.2) is 4.99 Å². The van der Waals surface area contributed by atoms with E-state index in [0.29, 0.717) is 5.92 Å². The standard InChI is InChI=1S/C7H14N2O/c1-6(5-10)4-7-8-2-3-9-7/h6,10H,2-5H2,1H3,(H,8,9). The highest BCUT2D eigenvalue weighted by atomic mass is 16.3. The largest absolute Gasteiger partial charge is 0.396 e. The lowest BCUT2D eigenvalue weighted by Crippen LogP contribution is -2.21. The zero-order valence-corrected chi connectivity index (χ0v) is 6.30. The minimum absolute atomic E-state index is 0.251. The highest BCUT2D eigenvalue weighted by molar-refractivity contribution is 5.83. The van der Waals surface area contributed by atoms with Gasteiger partial charge >= 0.3 is 0 Å². The van der Waals surface area contributed by atoms with Crippen LogP contribution in [0.5, 0.6) is 0 Å². The third-order valence-corrected chi connectivity index (χ3v) is 1.60. The van der Waals surface area contributed by atoms with Gasteiger partial charge in [0.2, 0.25) is 0 Å². The molecule has 3 nitrogen and oxygen atoms in total. The number of aliphatic hydroxyl groups is 1. The minimum Gasteiger partial charge on any atom is -0.396 e. The monoisotopic (exact) mass is 142 g/mol. The molecule has 0 aromatic carbocycles. The van der Waals surface area contributed by atoms with Gasteiger partial charge in [-0.25, -0.2) is 0 Å². The maximum Gasteiger partial charge on any atom is 0.0968 e. The topological polar surface area (TPSA) is 44.6 Å². The van der Waals surface area contributed by atoms with E-state index in [9.17, 15) is 0 Å². The molecule has 0 aromatic rings. The Bertz CT molecular complexity index is 134. The number of hydrogen-bond acceptors (Lipinski definition) is 3. The molecule has 58 valence electrons. The molecule has 0 aromatic heterocycles. The van der Waals surface area contributed by atoms with Gasteiger partial charge in [-0.15, -0.1) is 0 Å². The molecule has 1 aliphatic rings. The van der Waals surface area contributed by atoms with Crippen molar-refractivity contribution in [2.45, 2.75) is 13.3 Å². The SMILES string of the molecule is CC(CO)CC1=NCCN1. The first kappa shape index (κ1) is 7.54. The van der Waals surface area contributed by atoms with E-state index in [1.165, 1.54) is 0 Å². The molecule has 2 N–H and O–H groups in total. The lowest BCUT2D eigenvalue weighted by molar-refractivity contribution is 0.241. The van der Waals surface area contributed by atoms with Gasteiger partial charge < -0.3 is 10.4 Å². The zero-order valence-electron chi connectivity index (χ0n) is 6.30. The Balaban J connectivity index is 2.23. The number of aliphatic imine (C=N–C) groups is 1. The minimum atomic E-state index is 0.251. The number of aliphatic hydroxyl groups excluding tert-OH is 1. The first-order valence-electron chi connectivity index (χ1n) is 3.71. The van der Waals surface area contributed by atoms with Gasteiger partial charge in [-0.3, -0.25) is 4.99 Å². The van der Waals surface area contributed by atoms with Gasteiger partial charge in [-0.2, -0.15) is 0 Å². The van der Waals surface area contributed by atoms with E-state index in [-0.39, 0.29) is 6.61 Å². The Labute approximate surface area is 61.2 Å². The number of nitrogens with one attached hydrogen (secondary N) is 1. The van der Waals surface area contributed by atoms with Crippen LogP contribution in [-0.4, -0.2) is 30.6 Å². The summed E-state index contributed by atoms with van der Waals surface area (Å²) in [5.74, 6) is 1.39. The maximum absolute atomic E-state index is 8.71. The molecule has 0 fully saturated rings. The molecule has 10 heavy (non-hydrogen) atoms. The van der Waals surface area contributed by atoms with Crippen LogP contribution in [0.2, 0.25) is 0 Å². The third-order valence-electron chi connectivity index (χ3n) is 1.60. The van der Waals surface area contributed by atoms with Crippen LogP contribution in [0.3, 0.4) is 0 Å². The van der Waals surface area contributed by atoms with Gasteiger partial charge in [0.25, 0.3) is 0 Å². The molecule has 0 radical (unpaired) electrons. The van der Waals surface area contributed by atoms with Crippen molar-refractivity contribution in [3.8, 4) is 0 Å². The second kappa shape index (κ2) is 3.56. The van der Waals surface area contributed by atoms with Gasteiger partial charge in [0.05, 0.1) is 12.4 Å². The smallest absolute Gasteiger partial charge is 0.0968 e. The van der Waals surface area contributed by atoms with Crippen LogP contribution in [0.1, 0.15) is 13.3 Å². The Hall–Kier alpha value is -0.570. The van der Waals surface area contributed by atoms with E-state index in [0.717, 1.165) is 25.3 Å². The fraction of sp³-hybridized carbons (Fsp3) is 0.857. The van der Waals surface area contributed by atoms with Crippen molar-refractivity contribution in [3.05, 3.63) is 0 Å². The van der Waals surface area contributed by atoms with Gasteiger partial charge in [-0.05, 0) is 5.92 Å². The van der Waals surface area contributed by atoms with Crippen molar-refractivity contribution in [3.63, 3.8) is 0 Å². The summed E-state index contributed by atoms with van der Waals surface area (Å²) in [6, 6.07) is 0. The quantitative estimate of drug-likeness (QED) is 0.583. The summed E-state index contributed by atoms with van der Waals surface area (Å²) in [5, 5.41) is 11.9. The molecule has 0 amide bonds. The highest BCUT2D eigenvalue weighted by Gasteiger charge is 2.08. The van der Waals surface area contributed by atoms with E-state index >= 15 is 0 Å². The summed E-state index contributed by atoms with van der Waals surface area (Å²) >= 11 is 0. The van der Waals surface area contributed by atoms with Crippen molar-refractivity contribution in [1.82, 2.24) is 5.32 Å². The predicted octanol–water partition coefficient (Wildman–Crippen LogP) is 0.00660. The number of rotatable bonds is 3. The van der Waals surface area contributed by atoms with Crippen LogP contribution >= 0.6 is 0 Å². The maximum atomic E-state index is 8.71.